The molecular weight excluding hydrogens is 444 g/mol. The molecule has 1 aliphatic carbocycles. The highest BCUT2D eigenvalue weighted by atomic mass is 32.2. The Labute approximate surface area is 198 Å². The second-order valence-corrected chi connectivity index (χ2v) is 10.5. The molecule has 0 spiro atoms. The van der Waals surface area contributed by atoms with Crippen molar-refractivity contribution in [3.05, 3.63) is 31.9 Å². The number of carbonyl (C=O) groups excluding carboxylic acids is 1. The molecule has 9 heteroatoms. The van der Waals surface area contributed by atoms with Crippen LogP contribution in [0.15, 0.2) is 9.70 Å². The molecule has 3 heterocycles. The van der Waals surface area contributed by atoms with Gasteiger partial charge in [-0.25, -0.2) is 0 Å². The molecule has 0 bridgehead atoms. The van der Waals surface area contributed by atoms with Gasteiger partial charge >= 0.3 is 0 Å². The molecule has 0 unspecified atom stereocenters. The van der Waals surface area contributed by atoms with Crippen molar-refractivity contribution >= 4 is 46.1 Å². The minimum atomic E-state index is -0.331. The summed E-state index contributed by atoms with van der Waals surface area (Å²) >= 11 is 6.86. The van der Waals surface area contributed by atoms with Gasteiger partial charge in [-0.05, 0) is 45.3 Å². The zero-order chi connectivity index (χ0) is 23.2. The molecule has 170 valence electrons. The number of pyridine rings is 1. The van der Waals surface area contributed by atoms with Crippen LogP contribution in [0.1, 0.15) is 56.2 Å². The van der Waals surface area contributed by atoms with E-state index in [1.54, 1.807) is 18.9 Å². The Balaban J connectivity index is 1.84. The lowest BCUT2D eigenvalue weighted by atomic mass is 10.0. The number of aromatic nitrogens is 1. The van der Waals surface area contributed by atoms with Gasteiger partial charge in [0.1, 0.15) is 21.8 Å². The van der Waals surface area contributed by atoms with Gasteiger partial charge in [-0.1, -0.05) is 36.8 Å². The summed E-state index contributed by atoms with van der Waals surface area (Å²) in [5.41, 5.74) is 1.07. The maximum atomic E-state index is 13.3. The van der Waals surface area contributed by atoms with Crippen LogP contribution >= 0.6 is 24.0 Å². The Morgan fingerprint density at radius 2 is 1.81 bits per heavy atom. The van der Waals surface area contributed by atoms with Crippen molar-refractivity contribution < 1.29 is 9.53 Å². The van der Waals surface area contributed by atoms with E-state index in [9.17, 15) is 14.9 Å². The van der Waals surface area contributed by atoms with Crippen molar-refractivity contribution in [2.45, 2.75) is 64.7 Å². The molecule has 3 fully saturated rings. The summed E-state index contributed by atoms with van der Waals surface area (Å²) in [5, 5.41) is 9.66. The number of thiocarbonyl (C=S) groups is 1. The number of morpholine rings is 1. The number of thioether (sulfide) groups is 1. The minimum Gasteiger partial charge on any atom is -0.372 e. The molecule has 0 radical (unpaired) electrons. The topological polar surface area (TPSA) is 78.6 Å². The molecule has 2 saturated heterocycles. The molecule has 7 nitrogen and oxygen atoms in total. The number of carbonyl (C=O) groups is 1. The predicted molar refractivity (Wildman–Crippen MR) is 131 cm³/mol. The van der Waals surface area contributed by atoms with E-state index in [1.165, 1.54) is 16.3 Å². The number of rotatable bonds is 3. The van der Waals surface area contributed by atoms with Gasteiger partial charge in [-0.2, -0.15) is 5.26 Å². The van der Waals surface area contributed by atoms with Gasteiger partial charge in [0.15, 0.2) is 0 Å². The van der Waals surface area contributed by atoms with Gasteiger partial charge in [-0.3, -0.25) is 19.1 Å². The summed E-state index contributed by atoms with van der Waals surface area (Å²) < 4.78 is 8.00. The van der Waals surface area contributed by atoms with E-state index in [0.29, 0.717) is 33.7 Å². The lowest BCUT2D eigenvalue weighted by Gasteiger charge is -2.38. The van der Waals surface area contributed by atoms with Gasteiger partial charge in [0, 0.05) is 31.7 Å². The lowest BCUT2D eigenvalue weighted by molar-refractivity contribution is -0.123. The number of hydrogen-bond acceptors (Lipinski definition) is 7. The van der Waals surface area contributed by atoms with E-state index in [-0.39, 0.29) is 35.3 Å². The van der Waals surface area contributed by atoms with E-state index in [4.69, 9.17) is 17.0 Å². The van der Waals surface area contributed by atoms with Crippen LogP contribution in [-0.4, -0.2) is 51.0 Å². The van der Waals surface area contributed by atoms with E-state index >= 15 is 0 Å². The Bertz CT molecular complexity index is 1090. The van der Waals surface area contributed by atoms with Gasteiger partial charge in [0.2, 0.25) is 0 Å². The fourth-order valence-electron chi connectivity index (χ4n) is 5.03. The molecule has 2 atom stereocenters. The van der Waals surface area contributed by atoms with Crippen molar-refractivity contribution in [2.75, 3.05) is 18.0 Å². The van der Waals surface area contributed by atoms with Crippen LogP contribution in [0.5, 0.6) is 0 Å². The summed E-state index contributed by atoms with van der Waals surface area (Å²) in [6, 6.07) is 2.23. The number of amides is 1. The first kappa shape index (κ1) is 23.0. The van der Waals surface area contributed by atoms with E-state index in [2.05, 4.69) is 11.0 Å². The normalized spacial score (nSPS) is 25.8. The first-order valence-corrected chi connectivity index (χ1v) is 12.3. The second-order valence-electron chi connectivity index (χ2n) is 8.87. The maximum absolute atomic E-state index is 13.3. The van der Waals surface area contributed by atoms with Crippen LogP contribution in [0.2, 0.25) is 0 Å². The van der Waals surface area contributed by atoms with E-state index in [0.717, 1.165) is 31.2 Å². The maximum Gasteiger partial charge on any atom is 0.270 e. The quantitative estimate of drug-likeness (QED) is 0.493. The monoisotopic (exact) mass is 472 g/mol. The van der Waals surface area contributed by atoms with Crippen molar-refractivity contribution in [3.63, 3.8) is 0 Å². The average Bonchev–Trinajstić information content (AvgIpc) is 3.34. The fourth-order valence-corrected chi connectivity index (χ4v) is 6.42. The van der Waals surface area contributed by atoms with Crippen molar-refractivity contribution in [1.29, 1.82) is 5.26 Å². The Hall–Kier alpha value is -2.15. The zero-order valence-corrected chi connectivity index (χ0v) is 20.5. The van der Waals surface area contributed by atoms with E-state index < -0.39 is 0 Å². The number of ether oxygens (including phenoxy) is 1. The number of nitriles is 1. The molecule has 1 amide bonds. The standard InChI is InChI=1S/C23H28N4O3S2/c1-13-11-26(12-14(2)30-13)20-17(15(3)18(10-24)21(28)25(20)4)9-19-22(29)27(23(31)32-19)16-7-5-6-8-16/h9,13-14,16H,5-8,11-12H2,1-4H3/b19-9-/t13-,14-/m0/s1. The first-order chi connectivity index (χ1) is 15.2. The Morgan fingerprint density at radius 1 is 1.19 bits per heavy atom. The second kappa shape index (κ2) is 9.00. The highest BCUT2D eigenvalue weighted by molar-refractivity contribution is 8.26. The van der Waals surface area contributed by atoms with Crippen LogP contribution in [0.4, 0.5) is 5.82 Å². The molecule has 3 aliphatic rings. The Morgan fingerprint density at radius 3 is 2.41 bits per heavy atom. The van der Waals surface area contributed by atoms with E-state index in [1.807, 2.05) is 19.9 Å². The van der Waals surface area contributed by atoms with Crippen LogP contribution in [0.3, 0.4) is 0 Å². The van der Waals surface area contributed by atoms with Gasteiger partial charge < -0.3 is 9.64 Å². The van der Waals surface area contributed by atoms with Crippen LogP contribution in [-0.2, 0) is 16.6 Å². The SMILES string of the molecule is Cc1c(/C=C2\SC(=S)N(C3CCCC3)C2=O)c(N2C[C@H](C)O[C@@H](C)C2)n(C)c(=O)c1C#N. The lowest BCUT2D eigenvalue weighted by Crippen LogP contribution is -2.47. The third-order valence-electron chi connectivity index (χ3n) is 6.48. The fraction of sp³-hybridized carbons (Fsp3) is 0.565. The molecule has 0 N–H and O–H groups in total. The van der Waals surface area contributed by atoms with Crippen molar-refractivity contribution in [3.8, 4) is 6.07 Å². The Kier molecular flexibility index (Phi) is 6.48. The molecule has 1 aromatic rings. The van der Waals surface area contributed by atoms with Crippen molar-refractivity contribution in [2.24, 2.45) is 7.05 Å². The van der Waals surface area contributed by atoms with Gasteiger partial charge in [-0.15, -0.1) is 0 Å². The summed E-state index contributed by atoms with van der Waals surface area (Å²) in [5.74, 6) is 0.632. The summed E-state index contributed by atoms with van der Waals surface area (Å²) in [7, 11) is 1.68. The summed E-state index contributed by atoms with van der Waals surface area (Å²) in [6.45, 7) is 7.02. The third kappa shape index (κ3) is 4.00. The largest absolute Gasteiger partial charge is 0.372 e. The predicted octanol–water partition coefficient (Wildman–Crippen LogP) is 3.32. The van der Waals surface area contributed by atoms with Crippen LogP contribution in [0, 0.1) is 18.3 Å². The van der Waals surface area contributed by atoms with Gasteiger partial charge in [0.05, 0.1) is 17.1 Å². The summed E-state index contributed by atoms with van der Waals surface area (Å²) in [4.78, 5) is 30.7. The molecule has 4 rings (SSSR count). The molecule has 1 aromatic heterocycles. The molecule has 0 aromatic carbocycles. The smallest absolute Gasteiger partial charge is 0.270 e. The average molecular weight is 473 g/mol. The minimum absolute atomic E-state index is 0.00164. The molecular formula is C23H28N4O3S2. The summed E-state index contributed by atoms with van der Waals surface area (Å²) in [6.07, 6.45) is 6.01. The highest BCUT2D eigenvalue weighted by Crippen LogP contribution is 2.39. The van der Waals surface area contributed by atoms with Crippen molar-refractivity contribution in [1.82, 2.24) is 9.47 Å². The number of nitrogens with zero attached hydrogens (tertiary/aromatic N) is 4. The van der Waals surface area contributed by atoms with Crippen LogP contribution in [0.25, 0.3) is 6.08 Å². The number of hydrogen-bond donors (Lipinski definition) is 0. The van der Waals surface area contributed by atoms with Crippen LogP contribution < -0.4 is 10.5 Å². The molecule has 2 aliphatic heterocycles. The third-order valence-corrected chi connectivity index (χ3v) is 7.81. The highest BCUT2D eigenvalue weighted by Gasteiger charge is 2.38. The zero-order valence-electron chi connectivity index (χ0n) is 18.9. The first-order valence-electron chi connectivity index (χ1n) is 11.0. The number of anilines is 1. The molecule has 32 heavy (non-hydrogen) atoms. The van der Waals surface area contributed by atoms with Gasteiger partial charge in [0.25, 0.3) is 11.5 Å². The molecule has 1 saturated carbocycles.